The van der Waals surface area contributed by atoms with Gasteiger partial charge in [0.15, 0.2) is 5.65 Å². The monoisotopic (exact) mass is 327 g/mol. The second kappa shape index (κ2) is 5.81. The molecule has 1 aliphatic carbocycles. The molecular formula is C17H18ClN5. The Morgan fingerprint density at radius 1 is 1.17 bits per heavy atom. The van der Waals surface area contributed by atoms with E-state index in [1.807, 2.05) is 16.8 Å². The van der Waals surface area contributed by atoms with E-state index in [9.17, 15) is 0 Å². The van der Waals surface area contributed by atoms with Crippen LogP contribution in [0.25, 0.3) is 11.0 Å². The van der Waals surface area contributed by atoms with E-state index in [-0.39, 0.29) is 0 Å². The molecule has 1 aromatic carbocycles. The molecule has 118 valence electrons. The van der Waals surface area contributed by atoms with Gasteiger partial charge >= 0.3 is 0 Å². The molecular weight excluding hydrogens is 310 g/mol. The molecule has 6 heteroatoms. The molecule has 1 fully saturated rings. The molecule has 2 atom stereocenters. The van der Waals surface area contributed by atoms with Gasteiger partial charge in [0, 0.05) is 5.02 Å². The topological polar surface area (TPSA) is 69.6 Å². The highest BCUT2D eigenvalue weighted by Crippen LogP contribution is 2.37. The fourth-order valence-electron chi connectivity index (χ4n) is 3.56. The van der Waals surface area contributed by atoms with Crippen LogP contribution in [0.1, 0.15) is 30.9 Å². The Bertz CT molecular complexity index is 827. The van der Waals surface area contributed by atoms with Gasteiger partial charge < -0.3 is 5.73 Å². The van der Waals surface area contributed by atoms with E-state index in [2.05, 4.69) is 27.2 Å². The number of fused-ring (bicyclic) bond motifs is 1. The largest absolute Gasteiger partial charge is 0.383 e. The Morgan fingerprint density at radius 2 is 2.00 bits per heavy atom. The third kappa shape index (κ3) is 2.77. The van der Waals surface area contributed by atoms with Crippen LogP contribution in [0, 0.1) is 5.92 Å². The predicted molar refractivity (Wildman–Crippen MR) is 91.3 cm³/mol. The summed E-state index contributed by atoms with van der Waals surface area (Å²) in [5.41, 5.74) is 8.08. The van der Waals surface area contributed by atoms with Crippen LogP contribution in [-0.4, -0.2) is 19.7 Å². The molecule has 0 spiro atoms. The molecule has 2 aromatic heterocycles. The van der Waals surface area contributed by atoms with Gasteiger partial charge in [0.1, 0.15) is 12.1 Å². The van der Waals surface area contributed by atoms with E-state index in [1.165, 1.54) is 18.3 Å². The van der Waals surface area contributed by atoms with Gasteiger partial charge in [-0.2, -0.15) is 5.10 Å². The Kier molecular flexibility index (Phi) is 3.65. The van der Waals surface area contributed by atoms with E-state index in [4.69, 9.17) is 17.3 Å². The maximum Gasteiger partial charge on any atom is 0.163 e. The SMILES string of the molecule is Nc1ncnc2c1cnn2C1CCC(Cc2ccc(Cl)cc2)C1. The molecule has 1 saturated carbocycles. The molecule has 2 N–H and O–H groups in total. The second-order valence-electron chi connectivity index (χ2n) is 6.25. The van der Waals surface area contributed by atoms with Crippen molar-refractivity contribution < 1.29 is 0 Å². The highest BCUT2D eigenvalue weighted by atomic mass is 35.5. The third-order valence-corrected chi connectivity index (χ3v) is 4.97. The van der Waals surface area contributed by atoms with Crippen molar-refractivity contribution in [3.05, 3.63) is 47.4 Å². The molecule has 3 aromatic rings. The molecule has 1 aliphatic rings. The minimum Gasteiger partial charge on any atom is -0.383 e. The third-order valence-electron chi connectivity index (χ3n) is 4.72. The van der Waals surface area contributed by atoms with Gasteiger partial charge in [-0.3, -0.25) is 0 Å². The van der Waals surface area contributed by atoms with Crippen molar-refractivity contribution in [1.82, 2.24) is 19.7 Å². The lowest BCUT2D eigenvalue weighted by atomic mass is 9.98. The van der Waals surface area contributed by atoms with E-state index in [0.717, 1.165) is 35.3 Å². The number of hydrogen-bond acceptors (Lipinski definition) is 4. The van der Waals surface area contributed by atoms with Crippen LogP contribution in [0.4, 0.5) is 5.82 Å². The summed E-state index contributed by atoms with van der Waals surface area (Å²) in [4.78, 5) is 8.39. The first-order valence-corrected chi connectivity index (χ1v) is 8.26. The van der Waals surface area contributed by atoms with Gasteiger partial charge in [-0.1, -0.05) is 23.7 Å². The summed E-state index contributed by atoms with van der Waals surface area (Å²) < 4.78 is 2.02. The summed E-state index contributed by atoms with van der Waals surface area (Å²) in [5, 5.41) is 6.14. The molecule has 0 bridgehead atoms. The lowest BCUT2D eigenvalue weighted by Gasteiger charge is -2.13. The molecule has 5 nitrogen and oxygen atoms in total. The number of rotatable bonds is 3. The lowest BCUT2D eigenvalue weighted by molar-refractivity contribution is 0.448. The van der Waals surface area contributed by atoms with Crippen molar-refractivity contribution in [2.24, 2.45) is 5.92 Å². The van der Waals surface area contributed by atoms with Crippen LogP contribution in [0.5, 0.6) is 0 Å². The van der Waals surface area contributed by atoms with Crippen LogP contribution < -0.4 is 5.73 Å². The van der Waals surface area contributed by atoms with Crippen molar-refractivity contribution in [3.8, 4) is 0 Å². The Hall–Kier alpha value is -2.14. The van der Waals surface area contributed by atoms with Crippen molar-refractivity contribution in [2.45, 2.75) is 31.7 Å². The zero-order chi connectivity index (χ0) is 15.8. The summed E-state index contributed by atoms with van der Waals surface area (Å²) in [6.45, 7) is 0. The predicted octanol–water partition coefficient (Wildman–Crippen LogP) is 3.65. The first-order valence-electron chi connectivity index (χ1n) is 7.89. The van der Waals surface area contributed by atoms with Crippen molar-refractivity contribution in [3.63, 3.8) is 0 Å². The summed E-state index contributed by atoms with van der Waals surface area (Å²) in [5.74, 6) is 1.16. The summed E-state index contributed by atoms with van der Waals surface area (Å²) in [6, 6.07) is 8.55. The van der Waals surface area contributed by atoms with Gasteiger partial charge in [-0.05, 0) is 49.3 Å². The molecule has 23 heavy (non-hydrogen) atoms. The number of nitrogens with two attached hydrogens (primary N) is 1. The first-order chi connectivity index (χ1) is 11.2. The average Bonchev–Trinajstić information content (AvgIpc) is 3.17. The summed E-state index contributed by atoms with van der Waals surface area (Å²) in [7, 11) is 0. The highest BCUT2D eigenvalue weighted by Gasteiger charge is 2.28. The van der Waals surface area contributed by atoms with Crippen LogP contribution in [0.3, 0.4) is 0 Å². The number of hydrogen-bond donors (Lipinski definition) is 1. The van der Waals surface area contributed by atoms with E-state index in [1.54, 1.807) is 6.20 Å². The molecule has 2 heterocycles. The standard InChI is InChI=1S/C17H18ClN5/c18-13-4-1-11(2-5-13)7-12-3-6-14(8-12)23-17-15(9-22-23)16(19)20-10-21-17/h1-2,4-5,9-10,12,14H,3,6-8H2,(H2,19,20,21). The minimum absolute atomic E-state index is 0.388. The summed E-state index contributed by atoms with van der Waals surface area (Å²) in [6.07, 6.45) is 7.81. The molecule has 0 aliphatic heterocycles. The Labute approximate surface area is 139 Å². The molecule has 0 amide bonds. The number of anilines is 1. The number of nitrogen functional groups attached to an aromatic ring is 1. The van der Waals surface area contributed by atoms with Gasteiger partial charge in [0.2, 0.25) is 0 Å². The van der Waals surface area contributed by atoms with Crippen LogP contribution in [-0.2, 0) is 6.42 Å². The zero-order valence-corrected chi connectivity index (χ0v) is 13.4. The van der Waals surface area contributed by atoms with Crippen LogP contribution in [0.15, 0.2) is 36.8 Å². The second-order valence-corrected chi connectivity index (χ2v) is 6.69. The van der Waals surface area contributed by atoms with Crippen molar-refractivity contribution in [2.75, 3.05) is 5.73 Å². The lowest BCUT2D eigenvalue weighted by Crippen LogP contribution is -2.09. The molecule has 0 saturated heterocycles. The zero-order valence-electron chi connectivity index (χ0n) is 12.7. The fourth-order valence-corrected chi connectivity index (χ4v) is 3.68. The maximum absolute atomic E-state index is 5.95. The van der Waals surface area contributed by atoms with E-state index in [0.29, 0.717) is 17.8 Å². The van der Waals surface area contributed by atoms with Gasteiger partial charge in [-0.15, -0.1) is 0 Å². The first kappa shape index (κ1) is 14.5. The highest BCUT2D eigenvalue weighted by molar-refractivity contribution is 6.30. The van der Waals surface area contributed by atoms with Gasteiger partial charge in [-0.25, -0.2) is 14.6 Å². The molecule has 0 radical (unpaired) electrons. The van der Waals surface area contributed by atoms with Crippen LogP contribution >= 0.6 is 11.6 Å². The molecule has 4 rings (SSSR count). The Balaban J connectivity index is 1.51. The van der Waals surface area contributed by atoms with E-state index < -0.39 is 0 Å². The fraction of sp³-hybridized carbons (Fsp3) is 0.353. The van der Waals surface area contributed by atoms with Crippen LogP contribution in [0.2, 0.25) is 5.02 Å². The summed E-state index contributed by atoms with van der Waals surface area (Å²) >= 11 is 5.95. The number of halogens is 1. The average molecular weight is 328 g/mol. The van der Waals surface area contributed by atoms with Crippen molar-refractivity contribution in [1.29, 1.82) is 0 Å². The van der Waals surface area contributed by atoms with Gasteiger partial charge in [0.05, 0.1) is 17.6 Å². The smallest absolute Gasteiger partial charge is 0.163 e. The number of aromatic nitrogens is 4. The Morgan fingerprint density at radius 3 is 2.83 bits per heavy atom. The number of benzene rings is 1. The number of nitrogens with zero attached hydrogens (tertiary/aromatic N) is 4. The minimum atomic E-state index is 0.388. The van der Waals surface area contributed by atoms with E-state index >= 15 is 0 Å². The molecule has 2 unspecified atom stereocenters. The van der Waals surface area contributed by atoms with Gasteiger partial charge in [0.25, 0.3) is 0 Å². The maximum atomic E-state index is 5.95. The quantitative estimate of drug-likeness (QED) is 0.797. The van der Waals surface area contributed by atoms with Crippen molar-refractivity contribution >= 4 is 28.5 Å². The normalized spacial score (nSPS) is 21.1.